The van der Waals surface area contributed by atoms with Crippen molar-refractivity contribution in [1.29, 1.82) is 0 Å². The number of carbonyl (C=O) groups is 1. The van der Waals surface area contributed by atoms with Crippen LogP contribution in [-0.4, -0.2) is 48.9 Å². The van der Waals surface area contributed by atoms with Gasteiger partial charge in [-0.25, -0.2) is 4.98 Å². The Morgan fingerprint density at radius 1 is 0.962 bits per heavy atom. The summed E-state index contributed by atoms with van der Waals surface area (Å²) < 4.78 is 0. The topological polar surface area (TPSA) is 36.4 Å². The second-order valence-corrected chi connectivity index (χ2v) is 7.45. The first-order chi connectivity index (χ1) is 12.6. The number of ketones is 1. The normalized spacial score (nSPS) is 16.8. The van der Waals surface area contributed by atoms with Crippen molar-refractivity contribution < 1.29 is 4.79 Å². The van der Waals surface area contributed by atoms with E-state index >= 15 is 0 Å². The summed E-state index contributed by atoms with van der Waals surface area (Å²) in [6.45, 7) is 3.68. The van der Waals surface area contributed by atoms with Crippen molar-refractivity contribution in [3.8, 4) is 11.1 Å². The van der Waals surface area contributed by atoms with Crippen LogP contribution in [0.4, 0.5) is 5.82 Å². The zero-order valence-corrected chi connectivity index (χ0v) is 15.3. The monoisotopic (exact) mass is 363 g/mol. The summed E-state index contributed by atoms with van der Waals surface area (Å²) in [7, 11) is 2.12. The molecule has 26 heavy (non-hydrogen) atoms. The number of likely N-dealkylation sites (N-methyl/N-ethyl adjacent to an activating group) is 1. The van der Waals surface area contributed by atoms with E-state index in [-0.39, 0.29) is 5.78 Å². The van der Waals surface area contributed by atoms with Gasteiger partial charge in [-0.3, -0.25) is 4.79 Å². The number of piperazine rings is 1. The minimum atomic E-state index is 0.0684. The Balaban J connectivity index is 1.81. The number of rotatable bonds is 1. The lowest BCUT2D eigenvalue weighted by Gasteiger charge is -2.34. The summed E-state index contributed by atoms with van der Waals surface area (Å²) in [4.78, 5) is 22.7. The fourth-order valence-corrected chi connectivity index (χ4v) is 4.17. The first-order valence-corrected chi connectivity index (χ1v) is 9.22. The van der Waals surface area contributed by atoms with Crippen LogP contribution in [-0.2, 0) is 0 Å². The minimum Gasteiger partial charge on any atom is -0.353 e. The van der Waals surface area contributed by atoms with Crippen LogP contribution >= 0.6 is 11.6 Å². The van der Waals surface area contributed by atoms with E-state index in [1.807, 2.05) is 42.5 Å². The van der Waals surface area contributed by atoms with Crippen molar-refractivity contribution in [1.82, 2.24) is 9.88 Å². The number of fused-ring (bicyclic) bond motifs is 5. The average Bonchev–Trinajstić information content (AvgIpc) is 2.96. The van der Waals surface area contributed by atoms with Gasteiger partial charge in [-0.15, -0.1) is 0 Å². The van der Waals surface area contributed by atoms with Crippen LogP contribution in [0.25, 0.3) is 22.0 Å². The molecule has 0 N–H and O–H groups in total. The largest absolute Gasteiger partial charge is 0.353 e. The van der Waals surface area contributed by atoms with E-state index in [1.165, 1.54) is 0 Å². The molecule has 5 heteroatoms. The zero-order valence-electron chi connectivity index (χ0n) is 14.5. The number of nitrogens with zero attached hydrogens (tertiary/aromatic N) is 3. The molecule has 1 saturated heterocycles. The fourth-order valence-electron chi connectivity index (χ4n) is 4.00. The van der Waals surface area contributed by atoms with Crippen molar-refractivity contribution in [2.75, 3.05) is 38.1 Å². The molecule has 0 amide bonds. The van der Waals surface area contributed by atoms with Crippen LogP contribution in [0.2, 0.25) is 5.02 Å². The minimum absolute atomic E-state index is 0.0684. The Labute approximate surface area is 157 Å². The molecule has 0 bridgehead atoms. The molecule has 5 rings (SSSR count). The van der Waals surface area contributed by atoms with Crippen LogP contribution in [0.15, 0.2) is 42.5 Å². The molecule has 3 aromatic rings. The van der Waals surface area contributed by atoms with Crippen molar-refractivity contribution in [3.63, 3.8) is 0 Å². The second-order valence-electron chi connectivity index (χ2n) is 7.01. The molecule has 4 nitrogen and oxygen atoms in total. The van der Waals surface area contributed by atoms with Gasteiger partial charge in [-0.05, 0) is 30.8 Å². The van der Waals surface area contributed by atoms with E-state index in [1.54, 1.807) is 0 Å². The van der Waals surface area contributed by atoms with E-state index in [0.29, 0.717) is 5.02 Å². The second kappa shape index (κ2) is 5.79. The molecular formula is C21H18ClN3O. The number of carbonyl (C=O) groups excluding carboxylic acids is 1. The number of halogens is 1. The Morgan fingerprint density at radius 3 is 2.46 bits per heavy atom. The first kappa shape index (κ1) is 15.8. The fraction of sp³-hybridized carbons (Fsp3) is 0.238. The average molecular weight is 364 g/mol. The quantitative estimate of drug-likeness (QED) is 0.514. The molecule has 130 valence electrons. The van der Waals surface area contributed by atoms with Gasteiger partial charge in [0.2, 0.25) is 0 Å². The highest BCUT2D eigenvalue weighted by Crippen LogP contribution is 2.45. The maximum absolute atomic E-state index is 13.2. The van der Waals surface area contributed by atoms with Gasteiger partial charge >= 0.3 is 0 Å². The van der Waals surface area contributed by atoms with Gasteiger partial charge in [-0.2, -0.15) is 0 Å². The molecule has 0 spiro atoms. The zero-order chi connectivity index (χ0) is 17.8. The summed E-state index contributed by atoms with van der Waals surface area (Å²) >= 11 is 6.26. The highest BCUT2D eigenvalue weighted by molar-refractivity contribution is 6.32. The molecule has 1 aliphatic heterocycles. The molecule has 0 radical (unpaired) electrons. The van der Waals surface area contributed by atoms with Crippen LogP contribution < -0.4 is 4.90 Å². The molecule has 1 aromatic heterocycles. The Hall–Kier alpha value is -2.43. The number of aromatic nitrogens is 1. The Morgan fingerprint density at radius 2 is 1.69 bits per heavy atom. The van der Waals surface area contributed by atoms with Crippen molar-refractivity contribution >= 4 is 34.1 Å². The third-order valence-electron chi connectivity index (χ3n) is 5.40. The number of hydrogen-bond acceptors (Lipinski definition) is 4. The van der Waals surface area contributed by atoms with Gasteiger partial charge in [0.25, 0.3) is 0 Å². The van der Waals surface area contributed by atoms with Crippen molar-refractivity contribution in [2.24, 2.45) is 0 Å². The first-order valence-electron chi connectivity index (χ1n) is 8.84. The van der Waals surface area contributed by atoms with E-state index in [4.69, 9.17) is 16.6 Å². The van der Waals surface area contributed by atoms with Crippen LogP contribution in [0, 0.1) is 0 Å². The van der Waals surface area contributed by atoms with Gasteiger partial charge in [0.15, 0.2) is 5.78 Å². The lowest BCUT2D eigenvalue weighted by Crippen LogP contribution is -2.45. The highest BCUT2D eigenvalue weighted by atomic mass is 35.5. The van der Waals surface area contributed by atoms with Crippen LogP contribution in [0.3, 0.4) is 0 Å². The molecule has 0 saturated carbocycles. The summed E-state index contributed by atoms with van der Waals surface area (Å²) in [6, 6.07) is 13.6. The number of pyridine rings is 1. The van der Waals surface area contributed by atoms with Crippen molar-refractivity contribution in [2.45, 2.75) is 0 Å². The van der Waals surface area contributed by atoms with Gasteiger partial charge in [0, 0.05) is 47.7 Å². The lowest BCUT2D eigenvalue weighted by atomic mass is 10.0. The molecule has 0 atom stereocenters. The molecule has 1 aliphatic carbocycles. The Kier molecular flexibility index (Phi) is 3.52. The van der Waals surface area contributed by atoms with Crippen LogP contribution in [0.5, 0.6) is 0 Å². The predicted octanol–water partition coefficient (Wildman–Crippen LogP) is 3.85. The van der Waals surface area contributed by atoms with E-state index in [2.05, 4.69) is 16.8 Å². The highest BCUT2D eigenvalue weighted by Gasteiger charge is 2.34. The van der Waals surface area contributed by atoms with E-state index < -0.39 is 0 Å². The lowest BCUT2D eigenvalue weighted by molar-refractivity contribution is 0.104. The Bertz CT molecular complexity index is 1050. The number of benzene rings is 2. The van der Waals surface area contributed by atoms with Gasteiger partial charge in [-0.1, -0.05) is 35.9 Å². The molecule has 2 aromatic carbocycles. The predicted molar refractivity (Wildman–Crippen MR) is 105 cm³/mol. The van der Waals surface area contributed by atoms with Crippen molar-refractivity contribution in [3.05, 3.63) is 58.6 Å². The summed E-state index contributed by atoms with van der Waals surface area (Å²) in [5.74, 6) is 0.878. The maximum Gasteiger partial charge on any atom is 0.198 e. The van der Waals surface area contributed by atoms with Gasteiger partial charge in [0.05, 0.1) is 11.1 Å². The molecule has 1 fully saturated rings. The third kappa shape index (κ3) is 2.26. The van der Waals surface area contributed by atoms with Gasteiger partial charge in [0.1, 0.15) is 5.82 Å². The standard InChI is InChI=1S/C21H18ClN3O/c1-24-8-10-25(11-9-24)21-19-18(14-4-2-3-5-15(14)20(19)26)16-12-13(22)6-7-17(16)23-21/h2-7,12H,8-11H2,1H3. The number of anilines is 1. The molecule has 2 heterocycles. The van der Waals surface area contributed by atoms with Crippen LogP contribution in [0.1, 0.15) is 15.9 Å². The van der Waals surface area contributed by atoms with E-state index in [0.717, 1.165) is 65.2 Å². The van der Waals surface area contributed by atoms with E-state index in [9.17, 15) is 4.79 Å². The summed E-state index contributed by atoms with van der Waals surface area (Å²) in [5.41, 5.74) is 4.33. The molecule has 0 unspecified atom stereocenters. The summed E-state index contributed by atoms with van der Waals surface area (Å²) in [6.07, 6.45) is 0. The number of hydrogen-bond donors (Lipinski definition) is 0. The molecule has 2 aliphatic rings. The summed E-state index contributed by atoms with van der Waals surface area (Å²) in [5, 5.41) is 1.61. The van der Waals surface area contributed by atoms with Gasteiger partial charge < -0.3 is 9.80 Å². The maximum atomic E-state index is 13.2. The molecular weight excluding hydrogens is 346 g/mol. The SMILES string of the molecule is CN1CCN(c2nc3ccc(Cl)cc3c3c2C(=O)c2ccccc2-3)CC1. The smallest absolute Gasteiger partial charge is 0.198 e. The third-order valence-corrected chi connectivity index (χ3v) is 5.63.